The number of hydrogen-bond acceptors (Lipinski definition) is 2. The van der Waals surface area contributed by atoms with Crippen molar-refractivity contribution < 1.29 is 0 Å². The Labute approximate surface area is 329 Å². The van der Waals surface area contributed by atoms with Crippen molar-refractivity contribution in [2.75, 3.05) is 4.90 Å². The molecule has 0 bridgehead atoms. The van der Waals surface area contributed by atoms with Gasteiger partial charge in [0.05, 0.1) is 6.04 Å². The predicted molar refractivity (Wildman–Crippen MR) is 237 cm³/mol. The van der Waals surface area contributed by atoms with Gasteiger partial charge in [-0.15, -0.1) is 11.8 Å². The van der Waals surface area contributed by atoms with Crippen molar-refractivity contribution in [1.29, 1.82) is 0 Å². The lowest BCUT2D eigenvalue weighted by molar-refractivity contribution is 0.540. The molecule has 2 aromatic rings. The number of anilines is 1. The lowest BCUT2D eigenvalue weighted by Gasteiger charge is -2.38. The van der Waals surface area contributed by atoms with E-state index in [1.54, 1.807) is 0 Å². The number of rotatable bonds is 11. The molecule has 1 aliphatic heterocycles. The van der Waals surface area contributed by atoms with Crippen LogP contribution in [0.15, 0.2) is 197 Å². The average Bonchev–Trinajstić information content (AvgIpc) is 3.59. The summed E-state index contributed by atoms with van der Waals surface area (Å²) in [4.78, 5) is 3.90. The van der Waals surface area contributed by atoms with Crippen molar-refractivity contribution in [3.63, 3.8) is 0 Å². The van der Waals surface area contributed by atoms with Gasteiger partial charge in [0.2, 0.25) is 0 Å². The van der Waals surface area contributed by atoms with Crippen LogP contribution in [0, 0.1) is 17.8 Å². The minimum absolute atomic E-state index is 0.0963. The van der Waals surface area contributed by atoms with Crippen molar-refractivity contribution >= 4 is 23.0 Å². The third kappa shape index (κ3) is 7.87. The first kappa shape index (κ1) is 37.5. The average molecular weight is 726 g/mol. The standard InChI is InChI=1S/C52H55NS/c1-7-10-20-39(8-2)42-33-43(47-22-14-12-19-37(47)5)35-45(34-42)53(38(6)27-28-40(9-3)46-21-13-11-18-36(46)4)44-31-29-41(30-32-44)48-24-17-25-50-49-23-15-16-26-51(49)54-52(48)50/h7,9-17,19-25,27-34,36-37,45,47,51H,6,8,18,26,35H2,1-5H3/b10-7-,28-27-,39-20+,40-9+/t36?,37?,45?,47-,51?/m0/s1. The van der Waals surface area contributed by atoms with E-state index in [0.717, 1.165) is 37.1 Å². The number of allylic oxidation sites excluding steroid dienone is 21. The van der Waals surface area contributed by atoms with Gasteiger partial charge in [-0.05, 0) is 114 Å². The molecule has 1 heterocycles. The molecule has 4 unspecified atom stereocenters. The Bertz CT molecular complexity index is 2130. The molecule has 0 saturated carbocycles. The maximum atomic E-state index is 4.80. The fourth-order valence-electron chi connectivity index (χ4n) is 8.59. The number of fused-ring (bicyclic) bond motifs is 3. The lowest BCUT2D eigenvalue weighted by Crippen LogP contribution is -2.35. The maximum absolute atomic E-state index is 4.80. The van der Waals surface area contributed by atoms with Crippen molar-refractivity contribution in [1.82, 2.24) is 0 Å². The van der Waals surface area contributed by atoms with E-state index in [2.05, 4.69) is 191 Å². The van der Waals surface area contributed by atoms with Crippen LogP contribution in [-0.4, -0.2) is 11.3 Å². The topological polar surface area (TPSA) is 3.24 Å². The Balaban J connectivity index is 1.29. The molecule has 2 heteroatoms. The third-order valence-electron chi connectivity index (χ3n) is 11.6. The SMILES string of the molecule is C=C(/C=C\C(=C/C)C1=CC=CCC1C)N(c1ccc(-c2cccc3c2SC2CC=CC=C32)cc1)C1C=C(/C(=C/C=C\C)CC)C=C([C@H]2C=CC=CC2C)C1. The summed E-state index contributed by atoms with van der Waals surface area (Å²) in [5, 5.41) is 0.517. The summed E-state index contributed by atoms with van der Waals surface area (Å²) in [6, 6.07) is 16.2. The molecule has 1 nitrogen and oxygen atoms in total. The van der Waals surface area contributed by atoms with Crippen LogP contribution in [0.5, 0.6) is 0 Å². The summed E-state index contributed by atoms with van der Waals surface area (Å²) < 4.78 is 0. The van der Waals surface area contributed by atoms with Crippen molar-refractivity contribution in [2.45, 2.75) is 76.5 Å². The first-order valence-electron chi connectivity index (χ1n) is 20.0. The number of hydrogen-bond donors (Lipinski definition) is 0. The van der Waals surface area contributed by atoms with E-state index in [4.69, 9.17) is 6.58 Å². The number of nitrogens with zero attached hydrogens (tertiary/aromatic N) is 1. The molecular formula is C52H55NS. The van der Waals surface area contributed by atoms with Crippen molar-refractivity contribution in [3.8, 4) is 11.1 Å². The van der Waals surface area contributed by atoms with Crippen LogP contribution in [-0.2, 0) is 0 Å². The second-order valence-electron chi connectivity index (χ2n) is 15.1. The van der Waals surface area contributed by atoms with E-state index in [0.29, 0.717) is 23.0 Å². The highest BCUT2D eigenvalue weighted by molar-refractivity contribution is 8.01. The van der Waals surface area contributed by atoms with Crippen LogP contribution in [0.1, 0.15) is 65.9 Å². The summed E-state index contributed by atoms with van der Waals surface area (Å²) in [5.74, 6) is 1.30. The van der Waals surface area contributed by atoms with Crippen LogP contribution in [0.2, 0.25) is 0 Å². The first-order valence-corrected chi connectivity index (χ1v) is 20.8. The van der Waals surface area contributed by atoms with Gasteiger partial charge < -0.3 is 4.90 Å². The van der Waals surface area contributed by atoms with Gasteiger partial charge in [-0.2, -0.15) is 0 Å². The summed E-state index contributed by atoms with van der Waals surface area (Å²) >= 11 is 2.03. The Hall–Kier alpha value is -4.79. The van der Waals surface area contributed by atoms with E-state index in [1.807, 2.05) is 11.8 Å². The molecule has 0 spiro atoms. The highest BCUT2D eigenvalue weighted by Gasteiger charge is 2.31. The quantitative estimate of drug-likeness (QED) is 0.212. The molecule has 0 saturated heterocycles. The Morgan fingerprint density at radius 2 is 1.69 bits per heavy atom. The highest BCUT2D eigenvalue weighted by atomic mass is 32.2. The van der Waals surface area contributed by atoms with E-state index in [9.17, 15) is 0 Å². The van der Waals surface area contributed by atoms with Gasteiger partial charge in [-0.1, -0.05) is 167 Å². The summed E-state index contributed by atoms with van der Waals surface area (Å²) in [5.41, 5.74) is 14.4. The van der Waals surface area contributed by atoms with E-state index >= 15 is 0 Å². The predicted octanol–water partition coefficient (Wildman–Crippen LogP) is 14.4. The van der Waals surface area contributed by atoms with Crippen LogP contribution in [0.25, 0.3) is 16.7 Å². The molecule has 274 valence electrons. The molecule has 0 radical (unpaired) electrons. The first-order chi connectivity index (χ1) is 26.4. The van der Waals surface area contributed by atoms with Gasteiger partial charge in [0.15, 0.2) is 0 Å². The Kier molecular flexibility index (Phi) is 11.9. The fraction of sp³-hybridized carbons (Fsp3) is 0.269. The molecule has 2 aromatic carbocycles. The summed E-state index contributed by atoms with van der Waals surface area (Å²) in [6.07, 6.45) is 45.2. The Morgan fingerprint density at radius 1 is 0.907 bits per heavy atom. The minimum Gasteiger partial charge on any atom is -0.335 e. The minimum atomic E-state index is 0.0963. The second kappa shape index (κ2) is 17.1. The maximum Gasteiger partial charge on any atom is 0.0568 e. The van der Waals surface area contributed by atoms with E-state index in [1.165, 1.54) is 55.0 Å². The molecule has 7 rings (SSSR count). The molecule has 0 aromatic heterocycles. The van der Waals surface area contributed by atoms with Crippen LogP contribution >= 0.6 is 11.8 Å². The van der Waals surface area contributed by atoms with E-state index in [-0.39, 0.29) is 6.04 Å². The normalized spacial score (nSPS) is 25.0. The molecule has 54 heavy (non-hydrogen) atoms. The summed E-state index contributed by atoms with van der Waals surface area (Å²) in [7, 11) is 0. The molecule has 0 amide bonds. The van der Waals surface area contributed by atoms with Gasteiger partial charge >= 0.3 is 0 Å². The fourth-order valence-corrected chi connectivity index (χ4v) is 10.0. The zero-order chi connectivity index (χ0) is 37.6. The largest absolute Gasteiger partial charge is 0.335 e. The van der Waals surface area contributed by atoms with Crippen LogP contribution in [0.4, 0.5) is 5.69 Å². The van der Waals surface area contributed by atoms with Gasteiger partial charge in [-0.25, -0.2) is 0 Å². The van der Waals surface area contributed by atoms with Gasteiger partial charge in [0.25, 0.3) is 0 Å². The monoisotopic (exact) mass is 725 g/mol. The molecule has 0 fully saturated rings. The number of benzene rings is 2. The highest BCUT2D eigenvalue weighted by Crippen LogP contribution is 2.51. The summed E-state index contributed by atoms with van der Waals surface area (Å²) in [6.45, 7) is 16.0. The molecule has 0 N–H and O–H groups in total. The van der Waals surface area contributed by atoms with Crippen LogP contribution < -0.4 is 4.90 Å². The third-order valence-corrected chi connectivity index (χ3v) is 13.0. The molecular weight excluding hydrogens is 671 g/mol. The second-order valence-corrected chi connectivity index (χ2v) is 16.3. The molecule has 5 atom stereocenters. The van der Waals surface area contributed by atoms with E-state index < -0.39 is 0 Å². The van der Waals surface area contributed by atoms with Crippen molar-refractivity contribution in [2.24, 2.45) is 17.8 Å². The van der Waals surface area contributed by atoms with Gasteiger partial charge in [-0.3, -0.25) is 0 Å². The molecule has 4 aliphatic carbocycles. The lowest BCUT2D eigenvalue weighted by atomic mass is 9.77. The zero-order valence-corrected chi connectivity index (χ0v) is 33.5. The van der Waals surface area contributed by atoms with Crippen molar-refractivity contribution in [3.05, 3.63) is 198 Å². The van der Waals surface area contributed by atoms with Gasteiger partial charge in [0.1, 0.15) is 0 Å². The smallest absolute Gasteiger partial charge is 0.0568 e. The molecule has 5 aliphatic rings. The Morgan fingerprint density at radius 3 is 2.44 bits per heavy atom. The zero-order valence-electron chi connectivity index (χ0n) is 32.7. The number of thioether (sulfide) groups is 1. The van der Waals surface area contributed by atoms with Crippen LogP contribution in [0.3, 0.4) is 0 Å². The van der Waals surface area contributed by atoms with Gasteiger partial charge in [0, 0.05) is 27.4 Å².